The van der Waals surface area contributed by atoms with Gasteiger partial charge in [0.1, 0.15) is 0 Å². The Kier molecular flexibility index (Phi) is 6.04. The second-order valence-electron chi connectivity index (χ2n) is 8.71. The molecular formula is C26H27Cl2N3O. The fourth-order valence-corrected chi connectivity index (χ4v) is 5.10. The second kappa shape index (κ2) is 8.95. The van der Waals surface area contributed by atoms with E-state index in [2.05, 4.69) is 45.6 Å². The first-order valence-corrected chi connectivity index (χ1v) is 11.8. The normalized spacial score (nSPS) is 16.2. The van der Waals surface area contributed by atoms with E-state index in [0.717, 1.165) is 48.0 Å². The molecule has 1 saturated heterocycles. The van der Waals surface area contributed by atoms with Gasteiger partial charge >= 0.3 is 0 Å². The third-order valence-corrected chi connectivity index (χ3v) is 6.89. The molecule has 3 aromatic carbocycles. The summed E-state index contributed by atoms with van der Waals surface area (Å²) in [6.45, 7) is 7.14. The minimum atomic E-state index is -0.467. The fourth-order valence-electron chi connectivity index (χ4n) is 4.76. The zero-order chi connectivity index (χ0) is 22.2. The number of hydrogen-bond donors (Lipinski definition) is 1. The van der Waals surface area contributed by atoms with Crippen LogP contribution in [0.3, 0.4) is 0 Å². The van der Waals surface area contributed by atoms with Crippen molar-refractivity contribution >= 4 is 50.7 Å². The van der Waals surface area contributed by atoms with Gasteiger partial charge in [-0.2, -0.15) is 0 Å². The van der Waals surface area contributed by atoms with Crippen LogP contribution in [-0.4, -0.2) is 53.4 Å². The highest BCUT2D eigenvalue weighted by Crippen LogP contribution is 2.33. The van der Waals surface area contributed by atoms with Gasteiger partial charge < -0.3 is 14.6 Å². The molecule has 6 heteroatoms. The summed E-state index contributed by atoms with van der Waals surface area (Å²) < 4.78 is 2.19. The number of nitrogens with zero attached hydrogens (tertiary/aromatic N) is 3. The van der Waals surface area contributed by atoms with Crippen molar-refractivity contribution in [2.75, 3.05) is 37.6 Å². The molecule has 1 atom stereocenters. The first kappa shape index (κ1) is 21.6. The number of hydrogen-bond acceptors (Lipinski definition) is 3. The third kappa shape index (κ3) is 4.33. The van der Waals surface area contributed by atoms with E-state index in [1.54, 1.807) is 0 Å². The van der Waals surface area contributed by atoms with Crippen LogP contribution in [0.25, 0.3) is 21.8 Å². The van der Waals surface area contributed by atoms with Gasteiger partial charge in [0.25, 0.3) is 0 Å². The maximum atomic E-state index is 11.0. The average Bonchev–Trinajstić information content (AvgIpc) is 3.07. The smallest absolute Gasteiger partial charge is 0.0845 e. The van der Waals surface area contributed by atoms with Gasteiger partial charge in [0.2, 0.25) is 0 Å². The zero-order valence-electron chi connectivity index (χ0n) is 18.1. The minimum Gasteiger partial charge on any atom is -0.390 e. The Morgan fingerprint density at radius 2 is 1.34 bits per heavy atom. The van der Waals surface area contributed by atoms with E-state index in [1.807, 2.05) is 36.4 Å². The molecule has 5 rings (SSSR count). The van der Waals surface area contributed by atoms with Crippen molar-refractivity contribution in [3.63, 3.8) is 0 Å². The highest BCUT2D eigenvalue weighted by atomic mass is 35.5. The van der Waals surface area contributed by atoms with Gasteiger partial charge in [0, 0.05) is 70.3 Å². The number of aryl methyl sites for hydroxylation is 1. The molecule has 0 saturated carbocycles. The molecule has 1 N–H and O–H groups in total. The van der Waals surface area contributed by atoms with Crippen LogP contribution in [0.2, 0.25) is 10.0 Å². The number of aliphatic hydroxyl groups excluding tert-OH is 1. The highest BCUT2D eigenvalue weighted by Gasteiger charge is 2.21. The predicted molar refractivity (Wildman–Crippen MR) is 135 cm³/mol. The number of aliphatic hydroxyl groups is 1. The Morgan fingerprint density at radius 3 is 1.91 bits per heavy atom. The monoisotopic (exact) mass is 467 g/mol. The SMILES string of the molecule is Cc1ccc(N2CCN(C[C@H](O)Cn3c4ccc(Cl)cc4c4cc(Cl)ccc43)CC2)cc1. The summed E-state index contributed by atoms with van der Waals surface area (Å²) in [5, 5.41) is 14.5. The van der Waals surface area contributed by atoms with E-state index < -0.39 is 6.10 Å². The van der Waals surface area contributed by atoms with Crippen LogP contribution in [0.4, 0.5) is 5.69 Å². The first-order valence-electron chi connectivity index (χ1n) is 11.1. The topological polar surface area (TPSA) is 31.6 Å². The Labute approximate surface area is 198 Å². The summed E-state index contributed by atoms with van der Waals surface area (Å²) in [5.41, 5.74) is 4.69. The lowest BCUT2D eigenvalue weighted by Gasteiger charge is -2.37. The lowest BCUT2D eigenvalue weighted by Crippen LogP contribution is -2.49. The standard InChI is InChI=1S/C26H27Cl2N3O/c1-18-2-6-21(7-3-18)30-12-10-29(11-13-30)16-22(32)17-31-25-8-4-19(27)14-23(25)24-15-20(28)5-9-26(24)31/h2-9,14-15,22,32H,10-13,16-17H2,1H3/t22-/m0/s1. The average molecular weight is 468 g/mol. The molecule has 2 heterocycles. The van der Waals surface area contributed by atoms with Crippen LogP contribution in [0, 0.1) is 6.92 Å². The van der Waals surface area contributed by atoms with Crippen molar-refractivity contribution in [2.24, 2.45) is 0 Å². The highest BCUT2D eigenvalue weighted by molar-refractivity contribution is 6.33. The van der Waals surface area contributed by atoms with E-state index in [4.69, 9.17) is 23.2 Å². The summed E-state index contributed by atoms with van der Waals surface area (Å²) in [6, 6.07) is 20.5. The predicted octanol–water partition coefficient (Wildman–Crippen LogP) is 5.59. The number of fused-ring (bicyclic) bond motifs is 3. The molecule has 0 amide bonds. The van der Waals surface area contributed by atoms with Gasteiger partial charge in [0.15, 0.2) is 0 Å². The van der Waals surface area contributed by atoms with Gasteiger partial charge in [-0.05, 0) is 55.5 Å². The number of anilines is 1. The third-order valence-electron chi connectivity index (χ3n) is 6.42. The van der Waals surface area contributed by atoms with Gasteiger partial charge in [0.05, 0.1) is 12.6 Å². The van der Waals surface area contributed by atoms with Crippen LogP contribution in [0.1, 0.15) is 5.56 Å². The molecule has 1 fully saturated rings. The Balaban J connectivity index is 1.29. The fraction of sp³-hybridized carbons (Fsp3) is 0.308. The number of halogens is 2. The summed E-state index contributed by atoms with van der Waals surface area (Å²) in [4.78, 5) is 4.78. The van der Waals surface area contributed by atoms with Gasteiger partial charge in [-0.15, -0.1) is 0 Å². The van der Waals surface area contributed by atoms with Gasteiger partial charge in [-0.3, -0.25) is 4.90 Å². The molecule has 166 valence electrons. The first-order chi connectivity index (χ1) is 15.5. The van der Waals surface area contributed by atoms with Crippen LogP contribution in [0.5, 0.6) is 0 Å². The Bertz CT molecular complexity index is 1180. The molecule has 4 aromatic rings. The van der Waals surface area contributed by atoms with Crippen molar-refractivity contribution < 1.29 is 5.11 Å². The van der Waals surface area contributed by atoms with Crippen LogP contribution < -0.4 is 4.90 Å². The summed E-state index contributed by atoms with van der Waals surface area (Å²) in [6.07, 6.45) is -0.467. The summed E-state index contributed by atoms with van der Waals surface area (Å²) >= 11 is 12.5. The number of benzene rings is 3. The zero-order valence-corrected chi connectivity index (χ0v) is 19.7. The van der Waals surface area contributed by atoms with E-state index >= 15 is 0 Å². The second-order valence-corrected chi connectivity index (χ2v) is 9.58. The largest absolute Gasteiger partial charge is 0.390 e. The number of aromatic nitrogens is 1. The van der Waals surface area contributed by atoms with E-state index in [-0.39, 0.29) is 0 Å². The van der Waals surface area contributed by atoms with Crippen LogP contribution in [0.15, 0.2) is 60.7 Å². The molecule has 1 aliphatic heterocycles. The lowest BCUT2D eigenvalue weighted by atomic mass is 10.1. The van der Waals surface area contributed by atoms with Crippen molar-refractivity contribution in [3.05, 3.63) is 76.3 Å². The van der Waals surface area contributed by atoms with E-state index in [1.165, 1.54) is 11.3 Å². The van der Waals surface area contributed by atoms with Crippen LogP contribution in [-0.2, 0) is 6.54 Å². The number of piperazine rings is 1. The molecule has 32 heavy (non-hydrogen) atoms. The molecule has 0 bridgehead atoms. The number of rotatable bonds is 5. The molecule has 0 spiro atoms. The lowest BCUT2D eigenvalue weighted by molar-refractivity contribution is 0.0969. The van der Waals surface area contributed by atoms with Crippen molar-refractivity contribution in [3.8, 4) is 0 Å². The van der Waals surface area contributed by atoms with Crippen molar-refractivity contribution in [1.82, 2.24) is 9.47 Å². The molecule has 0 aliphatic carbocycles. The summed E-state index contributed by atoms with van der Waals surface area (Å²) in [7, 11) is 0. The Morgan fingerprint density at radius 1 is 0.781 bits per heavy atom. The summed E-state index contributed by atoms with van der Waals surface area (Å²) in [5.74, 6) is 0. The van der Waals surface area contributed by atoms with Crippen LogP contribution >= 0.6 is 23.2 Å². The quantitative estimate of drug-likeness (QED) is 0.414. The van der Waals surface area contributed by atoms with E-state index in [0.29, 0.717) is 23.1 Å². The molecule has 0 unspecified atom stereocenters. The van der Waals surface area contributed by atoms with Gasteiger partial charge in [-0.25, -0.2) is 0 Å². The molecule has 0 radical (unpaired) electrons. The van der Waals surface area contributed by atoms with Gasteiger partial charge in [-0.1, -0.05) is 40.9 Å². The molecule has 1 aromatic heterocycles. The van der Waals surface area contributed by atoms with Crippen molar-refractivity contribution in [2.45, 2.75) is 19.6 Å². The maximum absolute atomic E-state index is 11.0. The molecule has 4 nitrogen and oxygen atoms in total. The Hall–Kier alpha value is -2.24. The number of β-amino-alcohol motifs (C(OH)–C–C–N with tert-alkyl or cyclic N) is 1. The van der Waals surface area contributed by atoms with E-state index in [9.17, 15) is 5.11 Å². The molecule has 1 aliphatic rings. The van der Waals surface area contributed by atoms with Crippen molar-refractivity contribution in [1.29, 1.82) is 0 Å². The maximum Gasteiger partial charge on any atom is 0.0845 e. The molecular weight excluding hydrogens is 441 g/mol. The minimum absolute atomic E-state index is 0.467.